The molecule has 1 spiro atoms. The van der Waals surface area contributed by atoms with Gasteiger partial charge in [0.1, 0.15) is 12.1 Å². The molecule has 1 fully saturated rings. The number of aromatic nitrogens is 2. The molecule has 0 unspecified atom stereocenters. The van der Waals surface area contributed by atoms with Crippen molar-refractivity contribution >= 4 is 23.9 Å². The molecule has 6 rings (SSSR count). The van der Waals surface area contributed by atoms with E-state index in [9.17, 15) is 19.2 Å². The molecule has 14 heteroatoms. The molecular formula is C29H37N5O9. The third-order valence-corrected chi connectivity index (χ3v) is 8.16. The number of likely N-dealkylation sites (tertiary alicyclic amines) is 1. The highest BCUT2D eigenvalue weighted by molar-refractivity contribution is 5.74. The Bertz CT molecular complexity index is 1390. The van der Waals surface area contributed by atoms with Gasteiger partial charge in [-0.1, -0.05) is 12.1 Å². The quantitative estimate of drug-likeness (QED) is 0.172. The number of nitrogens with one attached hydrogen (secondary N) is 1. The second kappa shape index (κ2) is 12.9. The van der Waals surface area contributed by atoms with Gasteiger partial charge in [0.2, 0.25) is 0 Å². The van der Waals surface area contributed by atoms with Crippen LogP contribution in [0.1, 0.15) is 37.1 Å². The van der Waals surface area contributed by atoms with Crippen LogP contribution in [0.3, 0.4) is 0 Å². The number of piperidine rings is 1. The number of H-pyrrole nitrogens is 1. The molecule has 3 heterocycles. The van der Waals surface area contributed by atoms with Crippen LogP contribution < -0.4 is 20.9 Å². The van der Waals surface area contributed by atoms with Crippen molar-refractivity contribution in [3.63, 3.8) is 0 Å². The summed E-state index contributed by atoms with van der Waals surface area (Å²) in [7, 11) is 2.17. The third kappa shape index (κ3) is 6.40. The van der Waals surface area contributed by atoms with E-state index in [1.54, 1.807) is 6.20 Å². The zero-order chi connectivity index (χ0) is 31.5. The molecule has 1 saturated heterocycles. The predicted octanol–water partition coefficient (Wildman–Crippen LogP) is 0.382. The molecule has 2 bridgehead atoms. The summed E-state index contributed by atoms with van der Waals surface area (Å²) in [6.45, 7) is 3.50. The Morgan fingerprint density at radius 2 is 1.93 bits per heavy atom. The number of nitrogens with two attached hydrogens (primary N) is 2. The average molecular weight is 600 g/mol. The van der Waals surface area contributed by atoms with Crippen LogP contribution in [0.2, 0.25) is 0 Å². The minimum absolute atomic E-state index is 0.245. The second-order valence-electron chi connectivity index (χ2n) is 10.9. The molecule has 2 aliphatic carbocycles. The maximum absolute atomic E-state index is 11.7. The Kier molecular flexibility index (Phi) is 9.52. The zero-order valence-electron chi connectivity index (χ0n) is 24.2. The van der Waals surface area contributed by atoms with E-state index in [2.05, 4.69) is 39.8 Å². The van der Waals surface area contributed by atoms with E-state index in [0.29, 0.717) is 17.5 Å². The first kappa shape index (κ1) is 31.7. The lowest BCUT2D eigenvalue weighted by Crippen LogP contribution is -2.65. The Hall–Kier alpha value is -4.27. The minimum atomic E-state index is -1.00. The van der Waals surface area contributed by atoms with E-state index < -0.39 is 24.1 Å². The normalized spacial score (nSPS) is 26.3. The number of ether oxygens (including phenoxy) is 3. The van der Waals surface area contributed by atoms with E-state index in [4.69, 9.17) is 30.2 Å². The number of carboxylic acid groups (broad SMARTS) is 2. The first-order chi connectivity index (χ1) is 20.4. The number of esters is 2. The van der Waals surface area contributed by atoms with Crippen LogP contribution in [0.4, 0.5) is 0 Å². The Morgan fingerprint density at radius 1 is 1.21 bits per heavy atom. The van der Waals surface area contributed by atoms with Gasteiger partial charge in [0.15, 0.2) is 17.6 Å². The highest BCUT2D eigenvalue weighted by atomic mass is 16.6. The standard InChI is InChI=1S/C21H23NO5.C6H9N3O2.C2H5NO2/c1-11(23)25-16-6-4-13-10-15-14-5-7-17(26-12(2)24)20-21(14,8-9-22(15)3)18(13)19(16)27-20;7-5(6(10)11)1-4-2-8-3-9-4;3-1-2(4)5/h4-7,14-15,17,20H,8-10H2,1-3H3;2-3,5H,1,7H2,(H,8,9)(H,10,11);1,3H2,(H,4,5)/t14-,15+,17-,20-,21-;5-;/m00./s1. The lowest BCUT2D eigenvalue weighted by molar-refractivity contribution is -0.152. The van der Waals surface area contributed by atoms with E-state index >= 15 is 0 Å². The lowest BCUT2D eigenvalue weighted by Gasteiger charge is -2.56. The van der Waals surface area contributed by atoms with Crippen LogP contribution in [0.5, 0.6) is 11.5 Å². The number of benzene rings is 1. The maximum Gasteiger partial charge on any atom is 0.320 e. The molecule has 1 aromatic heterocycles. The number of rotatable bonds is 6. The number of hydrogen-bond donors (Lipinski definition) is 5. The van der Waals surface area contributed by atoms with E-state index in [1.807, 2.05) is 12.1 Å². The van der Waals surface area contributed by atoms with Gasteiger partial charge in [-0.2, -0.15) is 0 Å². The molecule has 0 radical (unpaired) electrons. The Morgan fingerprint density at radius 3 is 2.51 bits per heavy atom. The third-order valence-electron chi connectivity index (χ3n) is 8.16. The van der Waals surface area contributed by atoms with E-state index in [-0.39, 0.29) is 42.3 Å². The van der Waals surface area contributed by atoms with Crippen molar-refractivity contribution in [2.24, 2.45) is 17.4 Å². The SMILES string of the molecule is CC(=O)Oc1ccc2c3c1O[C@H]1[C@@H](OC(C)=O)C=C[C@H]4[C@@H](C2)N(C)CC[C@@]341.NCC(=O)O.N[C@@H](Cc1cnc[nH]1)C(=O)O. The molecule has 1 aromatic carbocycles. The molecule has 232 valence electrons. The molecule has 14 nitrogen and oxygen atoms in total. The lowest BCUT2D eigenvalue weighted by atomic mass is 9.53. The molecule has 43 heavy (non-hydrogen) atoms. The Balaban J connectivity index is 0.000000220. The van der Waals surface area contributed by atoms with Crippen molar-refractivity contribution in [2.75, 3.05) is 20.1 Å². The number of aromatic amines is 1. The second-order valence-corrected chi connectivity index (χ2v) is 10.9. The van der Waals surface area contributed by atoms with Crippen molar-refractivity contribution < 1.29 is 43.6 Å². The molecular weight excluding hydrogens is 562 g/mol. The number of aliphatic carboxylic acids is 2. The van der Waals surface area contributed by atoms with Gasteiger partial charge in [0, 0.05) is 55.1 Å². The van der Waals surface area contributed by atoms with E-state index in [1.165, 1.54) is 25.7 Å². The van der Waals surface area contributed by atoms with Crippen LogP contribution >= 0.6 is 0 Å². The first-order valence-electron chi connectivity index (χ1n) is 13.8. The zero-order valence-corrected chi connectivity index (χ0v) is 24.2. The average Bonchev–Trinajstić information content (AvgIpc) is 3.58. The molecule has 2 aromatic rings. The summed E-state index contributed by atoms with van der Waals surface area (Å²) in [6.07, 6.45) is 8.64. The highest BCUT2D eigenvalue weighted by Gasteiger charge is 2.65. The summed E-state index contributed by atoms with van der Waals surface area (Å²) in [5, 5.41) is 16.0. The van der Waals surface area contributed by atoms with Gasteiger partial charge in [-0.05, 0) is 44.1 Å². The molecule has 4 aliphatic rings. The molecule has 0 saturated carbocycles. The summed E-state index contributed by atoms with van der Waals surface area (Å²) in [6, 6.07) is 3.42. The summed E-state index contributed by atoms with van der Waals surface area (Å²) >= 11 is 0. The van der Waals surface area contributed by atoms with E-state index in [0.717, 1.165) is 30.6 Å². The topological polar surface area (TPSA) is 220 Å². The molecule has 6 atom stereocenters. The smallest absolute Gasteiger partial charge is 0.320 e. The van der Waals surface area contributed by atoms with Crippen LogP contribution in [0, 0.1) is 5.92 Å². The fourth-order valence-corrected chi connectivity index (χ4v) is 6.46. The van der Waals surface area contributed by atoms with Crippen LogP contribution in [-0.4, -0.2) is 93.4 Å². The number of carboxylic acids is 2. The first-order valence-corrected chi connectivity index (χ1v) is 13.8. The number of hydrogen-bond acceptors (Lipinski definition) is 11. The Labute approximate surface area is 248 Å². The van der Waals surface area contributed by atoms with Crippen molar-refractivity contribution in [1.29, 1.82) is 0 Å². The van der Waals surface area contributed by atoms with Gasteiger partial charge in [0.25, 0.3) is 0 Å². The predicted molar refractivity (Wildman–Crippen MR) is 151 cm³/mol. The monoisotopic (exact) mass is 599 g/mol. The summed E-state index contributed by atoms with van der Waals surface area (Å²) in [5.41, 5.74) is 12.7. The summed E-state index contributed by atoms with van der Waals surface area (Å²) < 4.78 is 17.5. The highest BCUT2D eigenvalue weighted by Crippen LogP contribution is 2.62. The van der Waals surface area contributed by atoms with Crippen LogP contribution in [0.15, 0.2) is 36.8 Å². The van der Waals surface area contributed by atoms with Gasteiger partial charge in [-0.25, -0.2) is 4.98 Å². The number of carbonyl (C=O) groups is 4. The summed E-state index contributed by atoms with van der Waals surface area (Å²) in [5.74, 6) is -1.26. The van der Waals surface area contributed by atoms with Gasteiger partial charge in [-0.15, -0.1) is 0 Å². The number of carbonyl (C=O) groups excluding carboxylic acids is 2. The maximum atomic E-state index is 11.7. The fraction of sp³-hybridized carbons (Fsp3) is 0.483. The fourth-order valence-electron chi connectivity index (χ4n) is 6.46. The molecule has 2 aliphatic heterocycles. The van der Waals surface area contributed by atoms with Gasteiger partial charge >= 0.3 is 23.9 Å². The van der Waals surface area contributed by atoms with Crippen molar-refractivity contribution in [3.8, 4) is 11.5 Å². The minimum Gasteiger partial charge on any atom is -0.481 e. The van der Waals surface area contributed by atoms with Crippen LogP contribution in [0.25, 0.3) is 0 Å². The number of likely N-dealkylation sites (N-methyl/N-ethyl adjacent to an activating group) is 1. The number of imidazole rings is 1. The van der Waals surface area contributed by atoms with Gasteiger partial charge in [0.05, 0.1) is 12.9 Å². The van der Waals surface area contributed by atoms with Crippen molar-refractivity contribution in [1.82, 2.24) is 14.9 Å². The molecule has 0 amide bonds. The number of nitrogens with zero attached hydrogens (tertiary/aromatic N) is 2. The van der Waals surface area contributed by atoms with Crippen molar-refractivity contribution in [2.45, 2.75) is 62.8 Å². The van der Waals surface area contributed by atoms with Gasteiger partial charge < -0.3 is 45.8 Å². The summed E-state index contributed by atoms with van der Waals surface area (Å²) in [4.78, 5) is 51.7. The van der Waals surface area contributed by atoms with Crippen LogP contribution in [-0.2, 0) is 42.2 Å². The van der Waals surface area contributed by atoms with Gasteiger partial charge in [-0.3, -0.25) is 19.2 Å². The molecule has 7 N–H and O–H groups in total. The largest absolute Gasteiger partial charge is 0.481 e. The van der Waals surface area contributed by atoms with Crippen molar-refractivity contribution in [3.05, 3.63) is 53.6 Å².